The van der Waals surface area contributed by atoms with Crippen LogP contribution >= 0.6 is 11.3 Å². The van der Waals surface area contributed by atoms with Gasteiger partial charge in [-0.25, -0.2) is 9.59 Å². The summed E-state index contributed by atoms with van der Waals surface area (Å²) in [6, 6.07) is 8.60. The molecule has 0 aliphatic carbocycles. The molecule has 0 aliphatic heterocycles. The average molecular weight is 290 g/mol. The second-order valence-electron chi connectivity index (χ2n) is 4.30. The van der Waals surface area contributed by atoms with E-state index in [1.807, 2.05) is 31.2 Å². The van der Waals surface area contributed by atoms with Crippen LogP contribution in [0.2, 0.25) is 0 Å². The molecule has 1 aromatic carbocycles. The van der Waals surface area contributed by atoms with Gasteiger partial charge in [0.2, 0.25) is 0 Å². The van der Waals surface area contributed by atoms with Crippen LogP contribution < -0.4 is 10.2 Å². The van der Waals surface area contributed by atoms with Gasteiger partial charge in [-0.1, -0.05) is 12.1 Å². The molecule has 1 aromatic heterocycles. The van der Waals surface area contributed by atoms with E-state index >= 15 is 0 Å². The van der Waals surface area contributed by atoms with Gasteiger partial charge in [0.25, 0.3) is 0 Å². The second-order valence-corrected chi connectivity index (χ2v) is 5.21. The largest absolute Gasteiger partial charge is 0.478 e. The topological polar surface area (TPSA) is 69.6 Å². The Balaban J connectivity index is 2.16. The molecule has 2 aromatic rings. The van der Waals surface area contributed by atoms with Crippen molar-refractivity contribution in [3.8, 4) is 0 Å². The van der Waals surface area contributed by atoms with Gasteiger partial charge in [0.05, 0.1) is 5.56 Å². The number of nitrogens with one attached hydrogen (secondary N) is 1. The number of rotatable bonds is 3. The number of nitrogens with zero attached hydrogens (tertiary/aromatic N) is 1. The molecule has 0 unspecified atom stereocenters. The summed E-state index contributed by atoms with van der Waals surface area (Å²) in [4.78, 5) is 24.6. The number of carboxylic acid groups (broad SMARTS) is 1. The number of carbonyl (C=O) groups excluding carboxylic acids is 1. The average Bonchev–Trinajstić information content (AvgIpc) is 2.86. The van der Waals surface area contributed by atoms with Crippen molar-refractivity contribution < 1.29 is 14.7 Å². The summed E-state index contributed by atoms with van der Waals surface area (Å²) in [6.07, 6.45) is 0. The molecule has 0 saturated heterocycles. The maximum absolute atomic E-state index is 12.1. The zero-order valence-corrected chi connectivity index (χ0v) is 11.9. The van der Waals surface area contributed by atoms with Crippen LogP contribution in [-0.4, -0.2) is 24.2 Å². The first-order chi connectivity index (χ1) is 9.49. The highest BCUT2D eigenvalue weighted by Gasteiger charge is 2.16. The number of aromatic carboxylic acids is 1. The SMILES string of the molecule is Cc1cccc(N(C)C(=O)Nc2sccc2C(=O)O)c1. The van der Waals surface area contributed by atoms with Crippen molar-refractivity contribution in [3.63, 3.8) is 0 Å². The van der Waals surface area contributed by atoms with E-state index in [-0.39, 0.29) is 11.6 Å². The minimum Gasteiger partial charge on any atom is -0.478 e. The molecule has 0 fully saturated rings. The summed E-state index contributed by atoms with van der Waals surface area (Å²) >= 11 is 1.18. The molecule has 5 nitrogen and oxygen atoms in total. The van der Waals surface area contributed by atoms with E-state index in [9.17, 15) is 9.59 Å². The zero-order valence-electron chi connectivity index (χ0n) is 11.1. The van der Waals surface area contributed by atoms with Crippen molar-refractivity contribution in [1.29, 1.82) is 0 Å². The van der Waals surface area contributed by atoms with Gasteiger partial charge in [-0.3, -0.25) is 10.2 Å². The molecule has 0 atom stereocenters. The lowest BCUT2D eigenvalue weighted by atomic mass is 10.2. The van der Waals surface area contributed by atoms with Gasteiger partial charge in [0.15, 0.2) is 0 Å². The Kier molecular flexibility index (Phi) is 4.05. The Labute approximate surface area is 120 Å². The number of thiophene rings is 1. The molecule has 2 rings (SSSR count). The number of anilines is 2. The monoisotopic (exact) mass is 290 g/mol. The molecule has 6 heteroatoms. The lowest BCUT2D eigenvalue weighted by Gasteiger charge is -2.18. The third-order valence-corrected chi connectivity index (χ3v) is 3.64. The summed E-state index contributed by atoms with van der Waals surface area (Å²) < 4.78 is 0. The summed E-state index contributed by atoms with van der Waals surface area (Å²) in [7, 11) is 1.64. The lowest BCUT2D eigenvalue weighted by Crippen LogP contribution is -2.31. The van der Waals surface area contributed by atoms with Crippen LogP contribution in [0.5, 0.6) is 0 Å². The molecular formula is C14H14N2O3S. The highest BCUT2D eigenvalue weighted by atomic mass is 32.1. The van der Waals surface area contributed by atoms with Crippen molar-refractivity contribution in [2.45, 2.75) is 6.92 Å². The Hall–Kier alpha value is -2.34. The second kappa shape index (κ2) is 5.75. The first kappa shape index (κ1) is 14.1. The molecule has 2 amide bonds. The van der Waals surface area contributed by atoms with Crippen molar-refractivity contribution in [2.75, 3.05) is 17.3 Å². The van der Waals surface area contributed by atoms with Crippen LogP contribution in [0.1, 0.15) is 15.9 Å². The van der Waals surface area contributed by atoms with Gasteiger partial charge in [0, 0.05) is 12.7 Å². The number of carbonyl (C=O) groups is 2. The molecule has 0 radical (unpaired) electrons. The number of benzene rings is 1. The number of urea groups is 1. The molecule has 20 heavy (non-hydrogen) atoms. The zero-order chi connectivity index (χ0) is 14.7. The van der Waals surface area contributed by atoms with Gasteiger partial charge in [0.1, 0.15) is 5.00 Å². The van der Waals surface area contributed by atoms with Crippen molar-refractivity contribution >= 4 is 34.0 Å². The quantitative estimate of drug-likeness (QED) is 0.910. The van der Waals surface area contributed by atoms with Crippen molar-refractivity contribution in [2.24, 2.45) is 0 Å². The lowest BCUT2D eigenvalue weighted by molar-refractivity contribution is 0.0698. The fourth-order valence-corrected chi connectivity index (χ4v) is 2.48. The summed E-state index contributed by atoms with van der Waals surface area (Å²) in [5.74, 6) is -1.06. The number of amides is 2. The first-order valence-corrected chi connectivity index (χ1v) is 6.79. The molecule has 0 saturated carbocycles. The Bertz CT molecular complexity index is 651. The van der Waals surface area contributed by atoms with Gasteiger partial charge in [-0.05, 0) is 36.1 Å². The fraction of sp³-hybridized carbons (Fsp3) is 0.143. The van der Waals surface area contributed by atoms with Crippen LogP contribution in [-0.2, 0) is 0 Å². The van der Waals surface area contributed by atoms with Crippen LogP contribution in [0.4, 0.5) is 15.5 Å². The summed E-state index contributed by atoms with van der Waals surface area (Å²) in [6.45, 7) is 1.94. The van der Waals surface area contributed by atoms with Gasteiger partial charge < -0.3 is 5.11 Å². The molecule has 0 spiro atoms. The summed E-state index contributed by atoms with van der Waals surface area (Å²) in [5, 5.41) is 13.6. The van der Waals surface area contributed by atoms with E-state index in [2.05, 4.69) is 5.32 Å². The molecule has 2 N–H and O–H groups in total. The standard InChI is InChI=1S/C14H14N2O3S/c1-9-4-3-5-10(8-9)16(2)14(19)15-12-11(13(17)18)6-7-20-12/h3-8H,1-2H3,(H,15,19)(H,17,18). The minimum absolute atomic E-state index is 0.0981. The van der Waals surface area contributed by atoms with E-state index in [4.69, 9.17) is 5.11 Å². The Morgan fingerprint density at radius 3 is 2.70 bits per heavy atom. The van der Waals surface area contributed by atoms with Crippen LogP contribution in [0.3, 0.4) is 0 Å². The third kappa shape index (κ3) is 2.97. The van der Waals surface area contributed by atoms with Gasteiger partial charge >= 0.3 is 12.0 Å². The van der Waals surface area contributed by atoms with E-state index in [1.165, 1.54) is 22.3 Å². The highest BCUT2D eigenvalue weighted by molar-refractivity contribution is 7.14. The highest BCUT2D eigenvalue weighted by Crippen LogP contribution is 2.24. The number of hydrogen-bond acceptors (Lipinski definition) is 3. The molecule has 0 aliphatic rings. The summed E-state index contributed by atoms with van der Waals surface area (Å²) in [5.41, 5.74) is 1.89. The van der Waals surface area contributed by atoms with E-state index in [0.717, 1.165) is 11.3 Å². The predicted molar refractivity (Wildman–Crippen MR) is 79.9 cm³/mol. The minimum atomic E-state index is -1.06. The number of aryl methyl sites for hydroxylation is 1. The van der Waals surface area contributed by atoms with E-state index in [0.29, 0.717) is 5.00 Å². The predicted octanol–water partition coefficient (Wildman–Crippen LogP) is 3.42. The number of hydrogen-bond donors (Lipinski definition) is 2. The van der Waals surface area contributed by atoms with Crippen LogP contribution in [0, 0.1) is 6.92 Å². The van der Waals surface area contributed by atoms with Crippen molar-refractivity contribution in [1.82, 2.24) is 0 Å². The first-order valence-electron chi connectivity index (χ1n) is 5.91. The van der Waals surface area contributed by atoms with Gasteiger partial charge in [-0.15, -0.1) is 11.3 Å². The fourth-order valence-electron chi connectivity index (χ4n) is 1.71. The van der Waals surface area contributed by atoms with Crippen LogP contribution in [0.15, 0.2) is 35.7 Å². The molecule has 0 bridgehead atoms. The molecular weight excluding hydrogens is 276 g/mol. The van der Waals surface area contributed by atoms with E-state index < -0.39 is 5.97 Å². The smallest absolute Gasteiger partial charge is 0.338 e. The Morgan fingerprint density at radius 2 is 2.05 bits per heavy atom. The van der Waals surface area contributed by atoms with Crippen molar-refractivity contribution in [3.05, 3.63) is 46.8 Å². The normalized spacial score (nSPS) is 10.1. The van der Waals surface area contributed by atoms with Crippen LogP contribution in [0.25, 0.3) is 0 Å². The Morgan fingerprint density at radius 1 is 1.30 bits per heavy atom. The maximum atomic E-state index is 12.1. The number of carboxylic acids is 1. The third-order valence-electron chi connectivity index (χ3n) is 2.81. The molecule has 104 valence electrons. The maximum Gasteiger partial charge on any atom is 0.338 e. The van der Waals surface area contributed by atoms with E-state index in [1.54, 1.807) is 12.4 Å². The van der Waals surface area contributed by atoms with Gasteiger partial charge in [-0.2, -0.15) is 0 Å². The molecule has 1 heterocycles.